The maximum atomic E-state index is 11.2. The molecule has 0 amide bonds. The van der Waals surface area contributed by atoms with Gasteiger partial charge in [-0.1, -0.05) is 12.1 Å². The van der Waals surface area contributed by atoms with Crippen LogP contribution in [0.15, 0.2) is 60.7 Å². The molecule has 0 aliphatic carbocycles. The maximum absolute atomic E-state index is 11.2. The number of aromatic hydroxyl groups is 2. The van der Waals surface area contributed by atoms with Gasteiger partial charge in [0.1, 0.15) is 23.6 Å². The molecule has 0 fully saturated rings. The number of hydrogen-bond donors (Lipinski definition) is 2. The fraction of sp³-hybridized carbons (Fsp3) is 0.400. The van der Waals surface area contributed by atoms with E-state index in [1.54, 1.807) is 40.6 Å². The van der Waals surface area contributed by atoms with Crippen LogP contribution in [0, 0.1) is 0 Å². The molecule has 6 rings (SSSR count). The summed E-state index contributed by atoms with van der Waals surface area (Å²) in [5.41, 5.74) is 8.51. The number of likely N-dealkylation sites (N-methyl/N-ethyl adjacent to an activating group) is 2. The molecule has 0 bridgehead atoms. The van der Waals surface area contributed by atoms with Crippen molar-refractivity contribution in [3.63, 3.8) is 0 Å². The summed E-state index contributed by atoms with van der Waals surface area (Å²) in [6, 6.07) is 20.4. The van der Waals surface area contributed by atoms with Crippen LogP contribution in [0.25, 0.3) is 11.1 Å². The minimum Gasteiger partial charge on any atom is -0.507 e. The molecule has 0 radical (unpaired) electrons. The summed E-state index contributed by atoms with van der Waals surface area (Å²) in [7, 11) is 15.8. The summed E-state index contributed by atoms with van der Waals surface area (Å²) in [5, 5.41) is 22.3. The zero-order chi connectivity index (χ0) is 34.4. The van der Waals surface area contributed by atoms with Crippen molar-refractivity contribution in [2.24, 2.45) is 0 Å². The molecule has 0 spiro atoms. The Morgan fingerprint density at radius 3 is 1.25 bits per heavy atom. The maximum Gasteiger partial charge on any atom is 0.161 e. The molecule has 254 valence electrons. The summed E-state index contributed by atoms with van der Waals surface area (Å²) < 4.78 is 24.2. The number of quaternary nitrogens is 2. The number of benzene rings is 4. The second kappa shape index (κ2) is 12.9. The second-order valence-corrected chi connectivity index (χ2v) is 14.5. The number of ether oxygens (including phenoxy) is 4. The second-order valence-electron chi connectivity index (χ2n) is 14.5. The van der Waals surface area contributed by atoms with Crippen molar-refractivity contribution in [2.45, 2.75) is 37.8 Å². The first-order chi connectivity index (χ1) is 22.9. The molecule has 4 aromatic rings. The molecule has 2 heterocycles. The molecule has 0 saturated carbocycles. The molecule has 8 nitrogen and oxygen atoms in total. The van der Waals surface area contributed by atoms with Gasteiger partial charge in [0.25, 0.3) is 0 Å². The van der Waals surface area contributed by atoms with Crippen molar-refractivity contribution in [3.8, 4) is 45.6 Å². The van der Waals surface area contributed by atoms with Gasteiger partial charge in [0.2, 0.25) is 0 Å². The van der Waals surface area contributed by atoms with Crippen molar-refractivity contribution in [1.82, 2.24) is 0 Å². The minimum absolute atomic E-state index is 0.145. The van der Waals surface area contributed by atoms with E-state index in [9.17, 15) is 10.2 Å². The number of phenolic OH excluding ortho intramolecular Hbond substituents is 2. The van der Waals surface area contributed by atoms with Crippen molar-refractivity contribution < 1.29 is 38.1 Å². The van der Waals surface area contributed by atoms with E-state index < -0.39 is 0 Å². The Hall–Kier alpha value is -4.40. The summed E-state index contributed by atoms with van der Waals surface area (Å²) in [4.78, 5) is 0. The van der Waals surface area contributed by atoms with E-state index in [0.717, 1.165) is 81.9 Å². The normalized spacial score (nSPS) is 19.2. The fourth-order valence-corrected chi connectivity index (χ4v) is 7.82. The van der Waals surface area contributed by atoms with E-state index in [-0.39, 0.29) is 23.6 Å². The summed E-state index contributed by atoms with van der Waals surface area (Å²) in [6.07, 6.45) is 3.45. The number of phenols is 2. The smallest absolute Gasteiger partial charge is 0.161 e. The van der Waals surface area contributed by atoms with Crippen molar-refractivity contribution in [3.05, 3.63) is 94.0 Å². The average molecular weight is 655 g/mol. The molecular weight excluding hydrogens is 604 g/mol. The Morgan fingerprint density at radius 2 is 0.896 bits per heavy atom. The third-order valence-electron chi connectivity index (χ3n) is 10.9. The molecule has 2 N–H and O–H groups in total. The highest BCUT2D eigenvalue weighted by molar-refractivity contribution is 5.76. The number of hydrogen-bond acceptors (Lipinski definition) is 6. The van der Waals surface area contributed by atoms with Gasteiger partial charge in [-0.3, -0.25) is 0 Å². The standard InChI is InChI=1S/C40H48N2O6/c1-41(2)15-13-27-21-37(45-5)39(47-7)23-29(27)33(41)19-25-9-11-35(43)31(17-25)32-18-26(10-12-36(32)44)20-34-30-24-40(48-8)38(46-6)22-28(30)14-16-42(34,3)4/h9-12,17-18,21-24,33-34H,13-16,19-20H2,1-8H3/p+2. The van der Waals surface area contributed by atoms with Gasteiger partial charge < -0.3 is 38.1 Å². The first-order valence-corrected chi connectivity index (χ1v) is 16.7. The van der Waals surface area contributed by atoms with Crippen molar-refractivity contribution in [2.75, 3.05) is 69.7 Å². The molecule has 0 aromatic heterocycles. The highest BCUT2D eigenvalue weighted by atomic mass is 16.5. The van der Waals surface area contributed by atoms with E-state index >= 15 is 0 Å². The SMILES string of the molecule is COc1cc2c(cc1OC)C(Cc1ccc(O)c(-c3cc(CC4c5cc(OC)c(OC)cc5CC[N+]4(C)C)ccc3O)c1)[N+](C)(C)CC2. The largest absolute Gasteiger partial charge is 0.507 e. The molecule has 2 aliphatic heterocycles. The van der Waals surface area contributed by atoms with E-state index in [0.29, 0.717) is 11.1 Å². The summed E-state index contributed by atoms with van der Waals surface area (Å²) >= 11 is 0. The third-order valence-corrected chi connectivity index (χ3v) is 10.9. The Bertz CT molecular complexity index is 1700. The Morgan fingerprint density at radius 1 is 0.542 bits per heavy atom. The van der Waals surface area contributed by atoms with Crippen molar-refractivity contribution >= 4 is 0 Å². The highest BCUT2D eigenvalue weighted by Crippen LogP contribution is 2.45. The van der Waals surface area contributed by atoms with Crippen LogP contribution in [0.3, 0.4) is 0 Å². The lowest BCUT2D eigenvalue weighted by molar-refractivity contribution is -0.923. The van der Waals surface area contributed by atoms with Crippen LogP contribution in [0.2, 0.25) is 0 Å². The van der Waals surface area contributed by atoms with E-state index in [4.69, 9.17) is 18.9 Å². The molecular formula is C40H50N2O6+2. The predicted molar refractivity (Wildman–Crippen MR) is 189 cm³/mol. The Labute approximate surface area is 284 Å². The van der Waals surface area contributed by atoms with Crippen LogP contribution in [0.5, 0.6) is 34.5 Å². The molecule has 2 aliphatic rings. The molecule has 0 saturated heterocycles. The number of methoxy groups -OCH3 is 4. The summed E-state index contributed by atoms with van der Waals surface area (Å²) in [6.45, 7) is 2.00. The highest BCUT2D eigenvalue weighted by Gasteiger charge is 2.38. The number of nitrogens with zero attached hydrogens (tertiary/aromatic N) is 2. The Kier molecular flexibility index (Phi) is 9.00. The van der Waals surface area contributed by atoms with Gasteiger partial charge in [0.05, 0.1) is 69.7 Å². The first-order valence-electron chi connectivity index (χ1n) is 16.7. The lowest BCUT2D eigenvalue weighted by Crippen LogP contribution is -2.48. The minimum atomic E-state index is 0.145. The van der Waals surface area contributed by atoms with Gasteiger partial charge >= 0.3 is 0 Å². The van der Waals surface area contributed by atoms with Crippen LogP contribution in [-0.2, 0) is 25.7 Å². The molecule has 2 atom stereocenters. The molecule has 48 heavy (non-hydrogen) atoms. The molecule has 8 heteroatoms. The zero-order valence-corrected chi connectivity index (χ0v) is 29.6. The van der Waals surface area contributed by atoms with Gasteiger partial charge in [0, 0.05) is 47.9 Å². The number of rotatable bonds is 9. The summed E-state index contributed by atoms with van der Waals surface area (Å²) in [5.74, 6) is 3.26. The quantitative estimate of drug-likeness (QED) is 0.197. The first kappa shape index (κ1) is 33.5. The van der Waals surface area contributed by atoms with Crippen LogP contribution < -0.4 is 18.9 Å². The van der Waals surface area contributed by atoms with Crippen LogP contribution >= 0.6 is 0 Å². The van der Waals surface area contributed by atoms with Crippen LogP contribution in [-0.4, -0.2) is 88.9 Å². The van der Waals surface area contributed by atoms with E-state index in [1.807, 2.05) is 24.3 Å². The average Bonchev–Trinajstić information content (AvgIpc) is 3.07. The third kappa shape index (κ3) is 6.15. The molecule has 4 aromatic carbocycles. The van der Waals surface area contributed by atoms with E-state index in [1.165, 1.54) is 22.3 Å². The monoisotopic (exact) mass is 654 g/mol. The van der Waals surface area contributed by atoms with Crippen LogP contribution in [0.4, 0.5) is 0 Å². The Balaban J connectivity index is 1.35. The lowest BCUT2D eigenvalue weighted by atomic mass is 9.85. The van der Waals surface area contributed by atoms with Gasteiger partial charge in [-0.2, -0.15) is 0 Å². The zero-order valence-electron chi connectivity index (χ0n) is 29.6. The van der Waals surface area contributed by atoms with Gasteiger partial charge in [0.15, 0.2) is 23.0 Å². The number of fused-ring (bicyclic) bond motifs is 2. The fourth-order valence-electron chi connectivity index (χ4n) is 7.82. The van der Waals surface area contributed by atoms with Crippen LogP contribution in [0.1, 0.15) is 45.5 Å². The van der Waals surface area contributed by atoms with Crippen molar-refractivity contribution in [1.29, 1.82) is 0 Å². The van der Waals surface area contributed by atoms with Gasteiger partial charge in [-0.15, -0.1) is 0 Å². The van der Waals surface area contributed by atoms with Gasteiger partial charge in [-0.25, -0.2) is 0 Å². The predicted octanol–water partition coefficient (Wildman–Crippen LogP) is 6.63. The van der Waals surface area contributed by atoms with E-state index in [2.05, 4.69) is 52.5 Å². The lowest BCUT2D eigenvalue weighted by Gasteiger charge is -2.43. The topological polar surface area (TPSA) is 77.4 Å². The molecule has 2 unspecified atom stereocenters. The van der Waals surface area contributed by atoms with Gasteiger partial charge in [-0.05, 0) is 70.8 Å².